The van der Waals surface area contributed by atoms with Crippen LogP contribution in [0.4, 0.5) is 0 Å². The van der Waals surface area contributed by atoms with E-state index in [1.807, 2.05) is 37.3 Å². The molecule has 0 radical (unpaired) electrons. The fourth-order valence-corrected chi connectivity index (χ4v) is 3.09. The maximum Gasteiger partial charge on any atom is 0.118 e. The third kappa shape index (κ3) is 4.52. The zero-order valence-corrected chi connectivity index (χ0v) is 13.5. The van der Waals surface area contributed by atoms with Gasteiger partial charge in [0.25, 0.3) is 0 Å². The highest BCUT2D eigenvalue weighted by Crippen LogP contribution is 2.35. The number of rotatable bonds is 1. The van der Waals surface area contributed by atoms with E-state index in [0.29, 0.717) is 11.5 Å². The zero-order chi connectivity index (χ0) is 15.9. The van der Waals surface area contributed by atoms with E-state index in [1.165, 1.54) is 43.2 Å². The topological polar surface area (TPSA) is 40.5 Å². The lowest BCUT2D eigenvalue weighted by Gasteiger charge is -2.23. The van der Waals surface area contributed by atoms with Crippen molar-refractivity contribution >= 4 is 0 Å². The van der Waals surface area contributed by atoms with Crippen LogP contribution in [0.2, 0.25) is 0 Å². The smallest absolute Gasteiger partial charge is 0.118 e. The Labute approximate surface area is 133 Å². The molecule has 2 heteroatoms. The van der Waals surface area contributed by atoms with Gasteiger partial charge in [0, 0.05) is 0 Å². The fourth-order valence-electron chi connectivity index (χ4n) is 3.09. The molecule has 0 bridgehead atoms. The van der Waals surface area contributed by atoms with Gasteiger partial charge in [-0.15, -0.1) is 0 Å². The van der Waals surface area contributed by atoms with Crippen LogP contribution in [0.1, 0.15) is 54.7 Å². The average Bonchev–Trinajstić information content (AvgIpc) is 2.52. The van der Waals surface area contributed by atoms with E-state index >= 15 is 0 Å². The molecular formula is C20H26O2. The van der Waals surface area contributed by atoms with Crippen LogP contribution in [-0.4, -0.2) is 10.2 Å². The predicted molar refractivity (Wildman–Crippen MR) is 91.5 cm³/mol. The number of phenolic OH excluding ortho intramolecular Hbond substituents is 2. The number of hydrogen-bond donors (Lipinski definition) is 2. The Morgan fingerprint density at radius 3 is 2.05 bits per heavy atom. The molecule has 1 aliphatic rings. The van der Waals surface area contributed by atoms with Crippen molar-refractivity contribution in [2.24, 2.45) is 0 Å². The minimum atomic E-state index is 0.368. The van der Waals surface area contributed by atoms with Crippen molar-refractivity contribution in [2.75, 3.05) is 0 Å². The van der Waals surface area contributed by atoms with Crippen LogP contribution in [0, 0.1) is 13.8 Å². The first kappa shape index (κ1) is 16.4. The summed E-state index contributed by atoms with van der Waals surface area (Å²) in [5.41, 5.74) is 3.62. The van der Waals surface area contributed by atoms with E-state index in [2.05, 4.69) is 13.0 Å². The summed E-state index contributed by atoms with van der Waals surface area (Å²) in [6, 6.07) is 13.0. The summed E-state index contributed by atoms with van der Waals surface area (Å²) in [6.45, 7) is 3.97. The van der Waals surface area contributed by atoms with Gasteiger partial charge in [0.05, 0.1) is 0 Å². The highest BCUT2D eigenvalue weighted by molar-refractivity contribution is 5.36. The number of aromatic hydroxyl groups is 2. The van der Waals surface area contributed by atoms with Crippen LogP contribution in [0.15, 0.2) is 42.5 Å². The molecule has 1 aliphatic carbocycles. The second-order valence-corrected chi connectivity index (χ2v) is 6.16. The standard InChI is InChI=1S/C13H18O.C7H8O/c1-10-9-12(14)7-8-13(10)11-5-3-2-4-6-11;1-6-4-2-3-5-7(6)8/h7-9,11,14H,2-6H2,1H3;2-5,8H,1H3. The van der Waals surface area contributed by atoms with Gasteiger partial charge < -0.3 is 10.2 Å². The molecule has 2 N–H and O–H groups in total. The normalized spacial score (nSPS) is 15.0. The lowest BCUT2D eigenvalue weighted by Crippen LogP contribution is -2.05. The van der Waals surface area contributed by atoms with Gasteiger partial charge in [0.2, 0.25) is 0 Å². The Bertz CT molecular complexity index is 577. The molecular weight excluding hydrogens is 272 g/mol. The van der Waals surface area contributed by atoms with Crippen molar-refractivity contribution < 1.29 is 10.2 Å². The summed E-state index contributed by atoms with van der Waals surface area (Å²) in [5.74, 6) is 1.50. The van der Waals surface area contributed by atoms with Crippen molar-refractivity contribution in [3.8, 4) is 11.5 Å². The molecule has 0 aromatic heterocycles. The van der Waals surface area contributed by atoms with Gasteiger partial charge in [-0.1, -0.05) is 43.5 Å². The Kier molecular flexibility index (Phi) is 5.88. The van der Waals surface area contributed by atoms with Crippen molar-refractivity contribution in [2.45, 2.75) is 51.9 Å². The Balaban J connectivity index is 0.000000188. The predicted octanol–water partition coefficient (Wildman–Crippen LogP) is 5.45. The maximum absolute atomic E-state index is 9.34. The number of para-hydroxylation sites is 1. The summed E-state index contributed by atoms with van der Waals surface area (Å²) < 4.78 is 0. The van der Waals surface area contributed by atoms with Crippen LogP contribution in [0.3, 0.4) is 0 Å². The zero-order valence-electron chi connectivity index (χ0n) is 13.5. The Morgan fingerprint density at radius 2 is 1.50 bits per heavy atom. The largest absolute Gasteiger partial charge is 0.508 e. The molecule has 1 fully saturated rings. The van der Waals surface area contributed by atoms with Crippen molar-refractivity contribution in [1.82, 2.24) is 0 Å². The van der Waals surface area contributed by atoms with E-state index in [9.17, 15) is 5.11 Å². The van der Waals surface area contributed by atoms with Crippen LogP contribution in [-0.2, 0) is 0 Å². The van der Waals surface area contributed by atoms with E-state index < -0.39 is 0 Å². The summed E-state index contributed by atoms with van der Waals surface area (Å²) in [5, 5.41) is 18.3. The number of hydrogen-bond acceptors (Lipinski definition) is 2. The average molecular weight is 298 g/mol. The number of benzene rings is 2. The molecule has 22 heavy (non-hydrogen) atoms. The third-order valence-electron chi connectivity index (χ3n) is 4.41. The van der Waals surface area contributed by atoms with Gasteiger partial charge in [0.1, 0.15) is 11.5 Å². The van der Waals surface area contributed by atoms with Crippen molar-refractivity contribution in [1.29, 1.82) is 0 Å². The molecule has 0 amide bonds. The summed E-state index contributed by atoms with van der Waals surface area (Å²) in [4.78, 5) is 0. The van der Waals surface area contributed by atoms with Crippen LogP contribution >= 0.6 is 0 Å². The number of phenols is 2. The Morgan fingerprint density at radius 1 is 0.818 bits per heavy atom. The lowest BCUT2D eigenvalue weighted by atomic mass is 9.82. The minimum absolute atomic E-state index is 0.368. The van der Waals surface area contributed by atoms with E-state index in [4.69, 9.17) is 5.11 Å². The molecule has 2 aromatic rings. The van der Waals surface area contributed by atoms with E-state index in [1.54, 1.807) is 6.07 Å². The Hall–Kier alpha value is -1.96. The summed E-state index contributed by atoms with van der Waals surface area (Å²) in [7, 11) is 0. The van der Waals surface area contributed by atoms with Crippen molar-refractivity contribution in [3.05, 3.63) is 59.2 Å². The van der Waals surface area contributed by atoms with Gasteiger partial charge in [0.15, 0.2) is 0 Å². The van der Waals surface area contributed by atoms with E-state index in [-0.39, 0.29) is 0 Å². The molecule has 0 unspecified atom stereocenters. The molecule has 0 heterocycles. The first-order valence-electron chi connectivity index (χ1n) is 8.12. The molecule has 3 rings (SSSR count). The quantitative estimate of drug-likeness (QED) is 0.735. The van der Waals surface area contributed by atoms with E-state index in [0.717, 1.165) is 11.5 Å². The summed E-state index contributed by atoms with van der Waals surface area (Å²) >= 11 is 0. The molecule has 0 saturated heterocycles. The molecule has 0 spiro atoms. The van der Waals surface area contributed by atoms with Gasteiger partial charge in [-0.25, -0.2) is 0 Å². The lowest BCUT2D eigenvalue weighted by molar-refractivity contribution is 0.440. The van der Waals surface area contributed by atoms with Gasteiger partial charge in [-0.05, 0) is 67.5 Å². The van der Waals surface area contributed by atoms with Crippen LogP contribution in [0.5, 0.6) is 11.5 Å². The molecule has 1 saturated carbocycles. The van der Waals surface area contributed by atoms with Gasteiger partial charge in [-0.3, -0.25) is 0 Å². The SMILES string of the molecule is Cc1cc(O)ccc1C1CCCCC1.Cc1ccccc1O. The first-order chi connectivity index (χ1) is 10.6. The monoisotopic (exact) mass is 298 g/mol. The maximum atomic E-state index is 9.34. The minimum Gasteiger partial charge on any atom is -0.508 e. The highest BCUT2D eigenvalue weighted by Gasteiger charge is 2.16. The molecule has 2 nitrogen and oxygen atoms in total. The second kappa shape index (κ2) is 7.88. The van der Waals surface area contributed by atoms with Crippen LogP contribution < -0.4 is 0 Å². The third-order valence-corrected chi connectivity index (χ3v) is 4.41. The fraction of sp³-hybridized carbons (Fsp3) is 0.400. The van der Waals surface area contributed by atoms with Crippen molar-refractivity contribution in [3.63, 3.8) is 0 Å². The highest BCUT2D eigenvalue weighted by atomic mass is 16.3. The molecule has 0 atom stereocenters. The molecule has 2 aromatic carbocycles. The van der Waals surface area contributed by atoms with Crippen LogP contribution in [0.25, 0.3) is 0 Å². The molecule has 118 valence electrons. The van der Waals surface area contributed by atoms with Gasteiger partial charge >= 0.3 is 0 Å². The second-order valence-electron chi connectivity index (χ2n) is 6.16. The first-order valence-corrected chi connectivity index (χ1v) is 8.12. The number of aryl methyl sites for hydroxylation is 2. The van der Waals surface area contributed by atoms with Gasteiger partial charge in [-0.2, -0.15) is 0 Å². The summed E-state index contributed by atoms with van der Waals surface area (Å²) in [6.07, 6.45) is 6.78. The molecule has 0 aliphatic heterocycles.